The Balaban J connectivity index is 1.84. The summed E-state index contributed by atoms with van der Waals surface area (Å²) in [5.74, 6) is 0.794. The Morgan fingerprint density at radius 2 is 1.83 bits per heavy atom. The lowest BCUT2D eigenvalue weighted by Gasteiger charge is -2.32. The number of piperazine rings is 1. The van der Waals surface area contributed by atoms with Gasteiger partial charge in [-0.05, 0) is 12.1 Å². The van der Waals surface area contributed by atoms with Gasteiger partial charge in [-0.2, -0.15) is 14.6 Å². The summed E-state index contributed by atoms with van der Waals surface area (Å²) in [6.45, 7) is 1.66. The second kappa shape index (κ2) is 6.02. The summed E-state index contributed by atoms with van der Waals surface area (Å²) in [5.41, 5.74) is 1.02. The van der Waals surface area contributed by atoms with Crippen molar-refractivity contribution in [2.75, 3.05) is 37.3 Å². The minimum Gasteiger partial charge on any atom is -0.419 e. The van der Waals surface area contributed by atoms with Gasteiger partial charge in [0.2, 0.25) is 27.5 Å². The Kier molecular flexibility index (Phi) is 4.07. The van der Waals surface area contributed by atoms with E-state index in [2.05, 4.69) is 4.98 Å². The molecule has 3 rings (SSSR count). The van der Waals surface area contributed by atoms with Crippen LogP contribution in [-0.4, -0.2) is 50.1 Å². The maximum atomic E-state index is 11.6. The van der Waals surface area contributed by atoms with E-state index in [9.17, 15) is 13.7 Å². The molecular weight excluding hydrogens is 316 g/mol. The number of nitriles is 1. The highest BCUT2D eigenvalue weighted by atomic mass is 32.2. The fourth-order valence-electron chi connectivity index (χ4n) is 2.53. The molecular formula is C15H16N4O3S. The monoisotopic (exact) mass is 332 g/mol. The molecule has 23 heavy (non-hydrogen) atoms. The topological polar surface area (TPSA) is 90.4 Å². The molecule has 0 spiro atoms. The van der Waals surface area contributed by atoms with Gasteiger partial charge < -0.3 is 9.32 Å². The molecule has 1 aliphatic heterocycles. The van der Waals surface area contributed by atoms with Gasteiger partial charge in [-0.25, -0.2) is 8.42 Å². The highest BCUT2D eigenvalue weighted by molar-refractivity contribution is 7.88. The quantitative estimate of drug-likeness (QED) is 0.841. The maximum absolute atomic E-state index is 11.6. The Labute approximate surface area is 134 Å². The summed E-state index contributed by atoms with van der Waals surface area (Å²) >= 11 is 0. The van der Waals surface area contributed by atoms with Crippen LogP contribution in [0.25, 0.3) is 11.5 Å². The number of anilines is 1. The molecule has 0 amide bonds. The van der Waals surface area contributed by atoms with E-state index in [-0.39, 0.29) is 5.69 Å². The van der Waals surface area contributed by atoms with Crippen molar-refractivity contribution in [1.29, 1.82) is 5.26 Å². The van der Waals surface area contributed by atoms with E-state index >= 15 is 0 Å². The van der Waals surface area contributed by atoms with Crippen LogP contribution in [0, 0.1) is 11.3 Å². The average Bonchev–Trinajstić information content (AvgIpc) is 2.99. The van der Waals surface area contributed by atoms with Gasteiger partial charge in [-0.3, -0.25) is 0 Å². The van der Waals surface area contributed by atoms with Crippen LogP contribution in [-0.2, 0) is 10.0 Å². The van der Waals surface area contributed by atoms with Crippen molar-refractivity contribution in [1.82, 2.24) is 9.29 Å². The third-order valence-corrected chi connectivity index (χ3v) is 5.03. The normalized spacial score (nSPS) is 16.3. The van der Waals surface area contributed by atoms with Crippen LogP contribution in [0.1, 0.15) is 5.69 Å². The van der Waals surface area contributed by atoms with E-state index in [0.717, 1.165) is 5.56 Å². The van der Waals surface area contributed by atoms with Gasteiger partial charge in [0.05, 0.1) is 6.26 Å². The number of nitrogens with zero attached hydrogens (tertiary/aromatic N) is 4. The second-order valence-corrected chi connectivity index (χ2v) is 7.28. The molecule has 0 unspecified atom stereocenters. The predicted octanol–water partition coefficient (Wildman–Crippen LogP) is 1.29. The molecule has 0 radical (unpaired) electrons. The zero-order valence-electron chi connectivity index (χ0n) is 12.6. The first kappa shape index (κ1) is 15.5. The van der Waals surface area contributed by atoms with E-state index < -0.39 is 10.0 Å². The zero-order chi connectivity index (χ0) is 16.4. The smallest absolute Gasteiger partial charge is 0.235 e. The van der Waals surface area contributed by atoms with Crippen molar-refractivity contribution in [3.05, 3.63) is 36.0 Å². The SMILES string of the molecule is CS(=O)(=O)N1CCN(c2oc(-c3ccccc3)nc2C#N)CC1. The minimum absolute atomic E-state index is 0.219. The molecule has 0 aliphatic carbocycles. The van der Waals surface area contributed by atoms with E-state index in [1.165, 1.54) is 10.6 Å². The molecule has 0 atom stereocenters. The van der Waals surface area contributed by atoms with Crippen LogP contribution in [0.15, 0.2) is 34.7 Å². The number of rotatable bonds is 3. The third kappa shape index (κ3) is 3.21. The van der Waals surface area contributed by atoms with Gasteiger partial charge in [-0.15, -0.1) is 0 Å². The van der Waals surface area contributed by atoms with Crippen LogP contribution in [0.2, 0.25) is 0 Å². The molecule has 1 aromatic carbocycles. The van der Waals surface area contributed by atoms with Gasteiger partial charge in [-0.1, -0.05) is 18.2 Å². The molecule has 1 fully saturated rings. The number of benzene rings is 1. The number of hydrogen-bond donors (Lipinski definition) is 0. The lowest BCUT2D eigenvalue weighted by atomic mass is 10.2. The van der Waals surface area contributed by atoms with E-state index in [1.54, 1.807) is 0 Å². The van der Waals surface area contributed by atoms with Crippen LogP contribution >= 0.6 is 0 Å². The molecule has 8 heteroatoms. The summed E-state index contributed by atoms with van der Waals surface area (Å²) in [7, 11) is -3.19. The fraction of sp³-hybridized carbons (Fsp3) is 0.333. The van der Waals surface area contributed by atoms with Crippen LogP contribution in [0.5, 0.6) is 0 Å². The third-order valence-electron chi connectivity index (χ3n) is 3.73. The Morgan fingerprint density at radius 1 is 1.17 bits per heavy atom. The summed E-state index contributed by atoms with van der Waals surface area (Å²) in [5, 5.41) is 9.29. The van der Waals surface area contributed by atoms with E-state index in [4.69, 9.17) is 4.42 Å². The summed E-state index contributed by atoms with van der Waals surface area (Å²) in [6.07, 6.45) is 1.20. The highest BCUT2D eigenvalue weighted by Crippen LogP contribution is 2.28. The first-order chi connectivity index (χ1) is 11.0. The number of aromatic nitrogens is 1. The van der Waals surface area contributed by atoms with Crippen LogP contribution in [0.3, 0.4) is 0 Å². The predicted molar refractivity (Wildman–Crippen MR) is 85.3 cm³/mol. The molecule has 7 nitrogen and oxygen atoms in total. The molecule has 1 saturated heterocycles. The summed E-state index contributed by atoms with van der Waals surface area (Å²) in [6, 6.07) is 11.4. The van der Waals surface area contributed by atoms with Crippen molar-refractivity contribution >= 4 is 15.9 Å². The first-order valence-corrected chi connectivity index (χ1v) is 9.00. The average molecular weight is 332 g/mol. The summed E-state index contributed by atoms with van der Waals surface area (Å²) in [4.78, 5) is 6.10. The Hall–Kier alpha value is -2.37. The number of sulfonamides is 1. The van der Waals surface area contributed by atoms with Crippen molar-refractivity contribution in [3.63, 3.8) is 0 Å². The first-order valence-electron chi connectivity index (χ1n) is 7.15. The second-order valence-electron chi connectivity index (χ2n) is 5.30. The fourth-order valence-corrected chi connectivity index (χ4v) is 3.35. The highest BCUT2D eigenvalue weighted by Gasteiger charge is 2.27. The molecule has 2 aromatic rings. The maximum Gasteiger partial charge on any atom is 0.235 e. The largest absolute Gasteiger partial charge is 0.419 e. The van der Waals surface area contributed by atoms with Gasteiger partial charge in [0.15, 0.2) is 0 Å². The van der Waals surface area contributed by atoms with Crippen molar-refractivity contribution in [3.8, 4) is 17.5 Å². The summed E-state index contributed by atoms with van der Waals surface area (Å²) < 4.78 is 30.3. The molecule has 0 bridgehead atoms. The van der Waals surface area contributed by atoms with Crippen LogP contribution in [0.4, 0.5) is 5.88 Å². The van der Waals surface area contributed by atoms with Crippen molar-refractivity contribution in [2.24, 2.45) is 0 Å². The van der Waals surface area contributed by atoms with Crippen LogP contribution < -0.4 is 4.90 Å². The molecule has 2 heterocycles. The lowest BCUT2D eigenvalue weighted by molar-refractivity contribution is 0.377. The van der Waals surface area contributed by atoms with E-state index in [1.807, 2.05) is 41.3 Å². The van der Waals surface area contributed by atoms with Crippen molar-refractivity contribution in [2.45, 2.75) is 0 Å². The lowest BCUT2D eigenvalue weighted by Crippen LogP contribution is -2.48. The van der Waals surface area contributed by atoms with Gasteiger partial charge >= 0.3 is 0 Å². The molecule has 120 valence electrons. The molecule has 1 aliphatic rings. The Morgan fingerprint density at radius 3 is 2.39 bits per heavy atom. The molecule has 0 N–H and O–H groups in total. The number of hydrogen-bond acceptors (Lipinski definition) is 6. The van der Waals surface area contributed by atoms with Gasteiger partial charge in [0.1, 0.15) is 6.07 Å². The standard InChI is InChI=1S/C15H16N4O3S/c1-23(20,21)19-9-7-18(8-10-19)15-13(11-16)17-14(22-15)12-5-3-2-4-6-12/h2-6H,7-10H2,1H3. The van der Waals surface area contributed by atoms with Gasteiger partial charge in [0.25, 0.3) is 0 Å². The Bertz CT molecular complexity index is 831. The molecule has 0 saturated carbocycles. The van der Waals surface area contributed by atoms with Gasteiger partial charge in [0, 0.05) is 31.7 Å². The number of oxazole rings is 1. The minimum atomic E-state index is -3.19. The zero-order valence-corrected chi connectivity index (χ0v) is 13.5. The van der Waals surface area contributed by atoms with Crippen molar-refractivity contribution < 1.29 is 12.8 Å². The van der Waals surface area contributed by atoms with E-state index in [0.29, 0.717) is 38.0 Å². The molecule has 1 aromatic heterocycles.